The molecule has 35 heavy (non-hydrogen) atoms. The molecular weight excluding hydrogens is 616 g/mol. The minimum Gasteiger partial charge on any atom is -0.490 e. The fraction of sp³-hybridized carbons (Fsp3) is 0.154. The molecule has 1 amide bonds. The number of benzene rings is 3. The number of aliphatic imine (C=N–C) groups is 1. The normalized spacial score (nSPS) is 15.5. The molecule has 1 aliphatic rings. The molecule has 4 rings (SSSR count). The van der Waals surface area contributed by atoms with E-state index in [-0.39, 0.29) is 5.91 Å². The maximum Gasteiger partial charge on any atom is 0.264 e. The van der Waals surface area contributed by atoms with Crippen molar-refractivity contribution < 1.29 is 14.3 Å². The molecule has 1 saturated heterocycles. The predicted molar refractivity (Wildman–Crippen MR) is 151 cm³/mol. The average molecular weight is 637 g/mol. The Morgan fingerprint density at radius 3 is 2.63 bits per heavy atom. The second-order valence-electron chi connectivity index (χ2n) is 7.54. The van der Waals surface area contributed by atoms with Crippen molar-refractivity contribution in [2.24, 2.45) is 4.99 Å². The minimum atomic E-state index is -0.210. The van der Waals surface area contributed by atoms with Crippen molar-refractivity contribution >= 4 is 78.1 Å². The lowest BCUT2D eigenvalue weighted by molar-refractivity contribution is -0.115. The highest BCUT2D eigenvalue weighted by Gasteiger charge is 2.24. The number of nitrogens with one attached hydrogen (secondary N) is 1. The van der Waals surface area contributed by atoms with E-state index in [1.54, 1.807) is 6.08 Å². The van der Waals surface area contributed by atoms with Crippen molar-refractivity contribution in [3.63, 3.8) is 0 Å². The number of hydrogen-bond donors (Lipinski definition) is 1. The quantitative estimate of drug-likeness (QED) is 0.267. The number of halogens is 3. The molecule has 0 saturated carbocycles. The molecule has 0 atom stereocenters. The number of carbonyl (C=O) groups excluding carboxylic acids is 1. The van der Waals surface area contributed by atoms with E-state index >= 15 is 0 Å². The van der Waals surface area contributed by atoms with E-state index in [2.05, 4.69) is 42.2 Å². The molecule has 0 aromatic heterocycles. The lowest BCUT2D eigenvalue weighted by atomic mass is 10.1. The van der Waals surface area contributed by atoms with Gasteiger partial charge in [0.25, 0.3) is 5.91 Å². The van der Waals surface area contributed by atoms with Crippen LogP contribution >= 0.6 is 55.2 Å². The summed E-state index contributed by atoms with van der Waals surface area (Å²) in [5, 5.41) is 3.96. The number of thioether (sulfide) groups is 1. The molecule has 0 spiro atoms. The summed E-state index contributed by atoms with van der Waals surface area (Å²) < 4.78 is 13.7. The Hall–Kier alpha value is -2.26. The van der Waals surface area contributed by atoms with Gasteiger partial charge >= 0.3 is 0 Å². The number of hydrogen-bond acceptors (Lipinski definition) is 5. The Labute approximate surface area is 230 Å². The van der Waals surface area contributed by atoms with Crippen LogP contribution in [0.1, 0.15) is 23.6 Å². The maximum atomic E-state index is 12.6. The van der Waals surface area contributed by atoms with Gasteiger partial charge in [-0.2, -0.15) is 0 Å². The molecule has 0 aliphatic carbocycles. The van der Waals surface area contributed by atoms with E-state index in [1.165, 1.54) is 11.8 Å². The van der Waals surface area contributed by atoms with Gasteiger partial charge in [-0.3, -0.25) is 4.79 Å². The highest BCUT2D eigenvalue weighted by molar-refractivity contribution is 9.10. The largest absolute Gasteiger partial charge is 0.490 e. The number of amides is 1. The van der Waals surface area contributed by atoms with Gasteiger partial charge in [0.05, 0.1) is 21.7 Å². The SMILES string of the molecule is CCOc1cc(/C=C2/SC(=Nc3cccc(Cl)c3C)NC2=O)cc(Br)c1OCc1ccc(Br)cc1. The Bertz CT molecular complexity index is 1330. The molecule has 3 aromatic carbocycles. The van der Waals surface area contributed by atoms with Crippen molar-refractivity contribution in [2.45, 2.75) is 20.5 Å². The van der Waals surface area contributed by atoms with Crippen LogP contribution in [0.5, 0.6) is 11.5 Å². The van der Waals surface area contributed by atoms with Crippen molar-refractivity contribution in [1.29, 1.82) is 0 Å². The third-order valence-corrected chi connectivity index (χ3v) is 7.47. The number of nitrogens with zero attached hydrogens (tertiary/aromatic N) is 1. The van der Waals surface area contributed by atoms with Crippen molar-refractivity contribution in [3.05, 3.63) is 90.2 Å². The first-order valence-corrected chi connectivity index (χ1v) is 13.5. The first-order valence-electron chi connectivity index (χ1n) is 10.7. The molecule has 1 heterocycles. The van der Waals surface area contributed by atoms with Crippen molar-refractivity contribution in [1.82, 2.24) is 5.32 Å². The third kappa shape index (κ3) is 6.50. The molecule has 180 valence electrons. The van der Waals surface area contributed by atoms with Gasteiger partial charge in [0.15, 0.2) is 16.7 Å². The van der Waals surface area contributed by atoms with Gasteiger partial charge in [0.1, 0.15) is 6.61 Å². The average Bonchev–Trinajstić information content (AvgIpc) is 3.16. The summed E-state index contributed by atoms with van der Waals surface area (Å²) in [7, 11) is 0. The summed E-state index contributed by atoms with van der Waals surface area (Å²) in [5.41, 5.74) is 3.41. The molecule has 5 nitrogen and oxygen atoms in total. The fourth-order valence-electron chi connectivity index (χ4n) is 3.27. The summed E-state index contributed by atoms with van der Waals surface area (Å²) in [6, 6.07) is 17.2. The lowest BCUT2D eigenvalue weighted by Crippen LogP contribution is -2.19. The van der Waals surface area contributed by atoms with Crippen LogP contribution in [0, 0.1) is 6.92 Å². The number of amidine groups is 1. The van der Waals surface area contributed by atoms with E-state index < -0.39 is 0 Å². The third-order valence-electron chi connectivity index (χ3n) is 5.04. The maximum absolute atomic E-state index is 12.6. The van der Waals surface area contributed by atoms with Crippen molar-refractivity contribution in [2.75, 3.05) is 6.61 Å². The van der Waals surface area contributed by atoms with Crippen LogP contribution < -0.4 is 14.8 Å². The van der Waals surface area contributed by atoms with Gasteiger partial charge in [-0.05, 0) is 101 Å². The van der Waals surface area contributed by atoms with Gasteiger partial charge in [-0.15, -0.1) is 0 Å². The Morgan fingerprint density at radius 1 is 1.11 bits per heavy atom. The molecular formula is C26H21Br2ClN2O3S. The second kappa shape index (κ2) is 11.6. The highest BCUT2D eigenvalue weighted by Crippen LogP contribution is 2.39. The van der Waals surface area contributed by atoms with E-state index in [0.29, 0.717) is 39.8 Å². The molecule has 9 heteroatoms. The van der Waals surface area contributed by atoms with Crippen LogP contribution in [0.3, 0.4) is 0 Å². The zero-order valence-corrected chi connectivity index (χ0v) is 23.6. The Balaban J connectivity index is 1.56. The lowest BCUT2D eigenvalue weighted by Gasteiger charge is -2.15. The van der Waals surface area contributed by atoms with Crippen LogP contribution in [0.15, 0.2) is 73.4 Å². The van der Waals surface area contributed by atoms with Gasteiger partial charge in [-0.25, -0.2) is 4.99 Å². The van der Waals surface area contributed by atoms with Crippen LogP contribution in [-0.4, -0.2) is 17.7 Å². The minimum absolute atomic E-state index is 0.210. The fourth-order valence-corrected chi connectivity index (χ4v) is 5.11. The Morgan fingerprint density at radius 2 is 1.89 bits per heavy atom. The number of ether oxygens (including phenoxy) is 2. The molecule has 0 bridgehead atoms. The first-order chi connectivity index (χ1) is 16.8. The molecule has 1 fully saturated rings. The molecule has 0 radical (unpaired) electrons. The summed E-state index contributed by atoms with van der Waals surface area (Å²) in [4.78, 5) is 17.7. The molecule has 0 unspecified atom stereocenters. The second-order valence-corrected chi connectivity index (χ2v) is 10.8. The topological polar surface area (TPSA) is 59.9 Å². The molecule has 1 N–H and O–H groups in total. The molecule has 3 aromatic rings. The smallest absolute Gasteiger partial charge is 0.264 e. The van der Waals surface area contributed by atoms with E-state index in [1.807, 2.05) is 68.4 Å². The van der Waals surface area contributed by atoms with E-state index in [0.717, 1.165) is 31.3 Å². The Kier molecular flexibility index (Phi) is 8.59. The number of carbonyl (C=O) groups is 1. The van der Waals surface area contributed by atoms with Gasteiger partial charge < -0.3 is 14.8 Å². The predicted octanol–water partition coefficient (Wildman–Crippen LogP) is 8.04. The van der Waals surface area contributed by atoms with Gasteiger partial charge in [0, 0.05) is 9.50 Å². The van der Waals surface area contributed by atoms with E-state index in [9.17, 15) is 4.79 Å². The van der Waals surface area contributed by atoms with Crippen LogP contribution in [0.2, 0.25) is 5.02 Å². The summed E-state index contributed by atoms with van der Waals surface area (Å²) in [6.07, 6.45) is 1.80. The van der Waals surface area contributed by atoms with Crippen LogP contribution in [0.25, 0.3) is 6.08 Å². The summed E-state index contributed by atoms with van der Waals surface area (Å²) in [6.45, 7) is 4.69. The molecule has 1 aliphatic heterocycles. The zero-order chi connectivity index (χ0) is 24.9. The van der Waals surface area contributed by atoms with Crippen LogP contribution in [0.4, 0.5) is 5.69 Å². The summed E-state index contributed by atoms with van der Waals surface area (Å²) in [5.74, 6) is 0.995. The summed E-state index contributed by atoms with van der Waals surface area (Å²) >= 11 is 14.5. The van der Waals surface area contributed by atoms with Crippen LogP contribution in [-0.2, 0) is 11.4 Å². The van der Waals surface area contributed by atoms with E-state index in [4.69, 9.17) is 21.1 Å². The highest BCUT2D eigenvalue weighted by atomic mass is 79.9. The monoisotopic (exact) mass is 634 g/mol. The van der Waals surface area contributed by atoms with Crippen molar-refractivity contribution in [3.8, 4) is 11.5 Å². The van der Waals surface area contributed by atoms with Gasteiger partial charge in [0.2, 0.25) is 0 Å². The zero-order valence-electron chi connectivity index (χ0n) is 18.9. The standard InChI is InChI=1S/C26H21Br2ClN2O3S/c1-3-33-22-12-17(11-19(28)24(22)34-14-16-7-9-18(27)10-8-16)13-23-25(32)31-26(35-23)30-21-6-4-5-20(29)15(21)2/h4-13H,3,14H2,1-2H3,(H,30,31,32)/b23-13+. The number of rotatable bonds is 7. The first kappa shape index (κ1) is 25.8. The van der Waals surface area contributed by atoms with Gasteiger partial charge in [-0.1, -0.05) is 45.7 Å².